The minimum atomic E-state index is -0.0973. The van der Waals surface area contributed by atoms with Gasteiger partial charge in [0, 0.05) is 36.5 Å². The molecule has 0 radical (unpaired) electrons. The number of methoxy groups -OCH3 is 1. The summed E-state index contributed by atoms with van der Waals surface area (Å²) in [6.45, 7) is 6.34. The van der Waals surface area contributed by atoms with Gasteiger partial charge in [-0.05, 0) is 32.0 Å². The number of nitrogens with zero attached hydrogens (tertiary/aromatic N) is 1. The number of aromatic nitrogens is 1. The lowest BCUT2D eigenvalue weighted by molar-refractivity contribution is -0.897. The highest BCUT2D eigenvalue weighted by molar-refractivity contribution is 6.10. The summed E-state index contributed by atoms with van der Waals surface area (Å²) in [6, 6.07) is 5.86. The molecule has 0 saturated carbocycles. The van der Waals surface area contributed by atoms with Gasteiger partial charge in [-0.1, -0.05) is 0 Å². The molecule has 6 nitrogen and oxygen atoms in total. The van der Waals surface area contributed by atoms with Crippen LogP contribution in [0.2, 0.25) is 0 Å². The maximum absolute atomic E-state index is 13.1. The fourth-order valence-corrected chi connectivity index (χ4v) is 4.04. The number of likely N-dealkylation sites (tertiary alicyclic amines) is 1. The minimum absolute atomic E-state index is 0.0210. The molecule has 1 aromatic carbocycles. The molecular formula is C21H29N2O4+. The fraction of sp³-hybridized carbons (Fsp3) is 0.524. The van der Waals surface area contributed by atoms with E-state index in [2.05, 4.69) is 4.57 Å². The van der Waals surface area contributed by atoms with Gasteiger partial charge in [-0.2, -0.15) is 0 Å². The average molecular weight is 373 g/mol. The van der Waals surface area contributed by atoms with E-state index in [1.54, 1.807) is 7.11 Å². The van der Waals surface area contributed by atoms with Crippen molar-refractivity contribution in [3.05, 3.63) is 29.5 Å². The number of ether oxygens (including phenoxy) is 2. The van der Waals surface area contributed by atoms with Gasteiger partial charge in [0.05, 0.1) is 38.3 Å². The Bertz CT molecular complexity index is 847. The fourth-order valence-electron chi connectivity index (χ4n) is 4.04. The van der Waals surface area contributed by atoms with E-state index in [1.165, 1.54) is 4.90 Å². The summed E-state index contributed by atoms with van der Waals surface area (Å²) in [6.07, 6.45) is 1.56. The molecule has 1 N–H and O–H groups in total. The summed E-state index contributed by atoms with van der Waals surface area (Å²) in [5, 5.41) is 0.945. The summed E-state index contributed by atoms with van der Waals surface area (Å²) in [5.41, 5.74) is 2.79. The van der Waals surface area contributed by atoms with Crippen LogP contribution in [-0.2, 0) is 16.6 Å². The SMILES string of the molecule is CCOC(=O)C1CC[NH+](CC(=O)c2c(C)n(C)c3ccc(OC)cc23)CC1. The molecule has 0 atom stereocenters. The van der Waals surface area contributed by atoms with Gasteiger partial charge < -0.3 is 18.9 Å². The van der Waals surface area contributed by atoms with Crippen molar-refractivity contribution in [1.29, 1.82) is 0 Å². The number of carbonyl (C=O) groups is 2. The molecule has 2 aromatic rings. The first-order valence-corrected chi connectivity index (χ1v) is 9.62. The first-order chi connectivity index (χ1) is 13.0. The maximum Gasteiger partial charge on any atom is 0.309 e. The number of esters is 1. The van der Waals surface area contributed by atoms with Gasteiger partial charge in [0.2, 0.25) is 5.78 Å². The predicted octanol–water partition coefficient (Wildman–Crippen LogP) is 1.54. The molecule has 27 heavy (non-hydrogen) atoms. The van der Waals surface area contributed by atoms with Gasteiger partial charge in [-0.3, -0.25) is 9.59 Å². The smallest absolute Gasteiger partial charge is 0.309 e. The molecule has 2 heterocycles. The topological polar surface area (TPSA) is 62.0 Å². The number of benzene rings is 1. The van der Waals surface area contributed by atoms with Crippen molar-refractivity contribution in [2.24, 2.45) is 13.0 Å². The van der Waals surface area contributed by atoms with Crippen LogP contribution in [0, 0.1) is 12.8 Å². The molecule has 0 aliphatic carbocycles. The Hall–Kier alpha value is -2.34. The molecule has 0 amide bonds. The highest BCUT2D eigenvalue weighted by Crippen LogP contribution is 2.28. The number of aryl methyl sites for hydroxylation is 1. The van der Waals surface area contributed by atoms with Gasteiger partial charge in [0.15, 0.2) is 0 Å². The van der Waals surface area contributed by atoms with Crippen molar-refractivity contribution in [1.82, 2.24) is 4.57 Å². The Morgan fingerprint density at radius 3 is 2.59 bits per heavy atom. The summed E-state index contributed by atoms with van der Waals surface area (Å²) in [4.78, 5) is 26.2. The first-order valence-electron chi connectivity index (χ1n) is 9.62. The Morgan fingerprint density at radius 1 is 1.26 bits per heavy atom. The van der Waals surface area contributed by atoms with Crippen LogP contribution in [0.4, 0.5) is 0 Å². The van der Waals surface area contributed by atoms with Gasteiger partial charge >= 0.3 is 5.97 Å². The summed E-state index contributed by atoms with van der Waals surface area (Å²) < 4.78 is 12.5. The number of rotatable bonds is 6. The zero-order valence-corrected chi connectivity index (χ0v) is 16.6. The number of nitrogens with one attached hydrogen (secondary N) is 1. The van der Waals surface area contributed by atoms with Crippen LogP contribution in [0.15, 0.2) is 18.2 Å². The standard InChI is InChI=1S/C21H28N2O4/c1-5-27-21(25)15-8-10-23(11-9-15)13-19(24)20-14(2)22(3)18-7-6-16(26-4)12-17(18)20/h6-7,12,15H,5,8-11,13H2,1-4H3/p+1. The Morgan fingerprint density at radius 2 is 1.96 bits per heavy atom. The van der Waals surface area contributed by atoms with E-state index in [0.29, 0.717) is 13.2 Å². The number of ketones is 1. The Kier molecular flexibility index (Phi) is 5.85. The van der Waals surface area contributed by atoms with E-state index in [4.69, 9.17) is 9.47 Å². The number of quaternary nitrogens is 1. The highest BCUT2D eigenvalue weighted by Gasteiger charge is 2.30. The van der Waals surface area contributed by atoms with Crippen LogP contribution in [0.1, 0.15) is 35.8 Å². The quantitative estimate of drug-likeness (QED) is 0.616. The summed E-state index contributed by atoms with van der Waals surface area (Å²) >= 11 is 0. The van der Waals surface area contributed by atoms with Crippen LogP contribution in [0.5, 0.6) is 5.75 Å². The van der Waals surface area contributed by atoms with Crippen LogP contribution in [-0.4, -0.2) is 49.7 Å². The van der Waals surface area contributed by atoms with E-state index < -0.39 is 0 Å². The number of hydrogen-bond donors (Lipinski definition) is 1. The molecule has 6 heteroatoms. The number of carbonyl (C=O) groups excluding carboxylic acids is 2. The van der Waals surface area contributed by atoms with Crippen LogP contribution in [0.3, 0.4) is 0 Å². The predicted molar refractivity (Wildman–Crippen MR) is 103 cm³/mol. The summed E-state index contributed by atoms with van der Waals surface area (Å²) in [7, 11) is 3.62. The Labute approximate surface area is 160 Å². The molecule has 1 saturated heterocycles. The number of hydrogen-bond acceptors (Lipinski definition) is 4. The van der Waals surface area contributed by atoms with Crippen LogP contribution < -0.4 is 9.64 Å². The molecule has 0 spiro atoms. The van der Waals surface area contributed by atoms with Crippen molar-refractivity contribution in [3.63, 3.8) is 0 Å². The lowest BCUT2D eigenvalue weighted by Gasteiger charge is -2.27. The third-order valence-corrected chi connectivity index (χ3v) is 5.70. The monoisotopic (exact) mass is 373 g/mol. The highest BCUT2D eigenvalue weighted by atomic mass is 16.5. The first kappa shape index (κ1) is 19.4. The van der Waals surface area contributed by atoms with E-state index in [1.807, 2.05) is 39.1 Å². The number of fused-ring (bicyclic) bond motifs is 1. The average Bonchev–Trinajstić information content (AvgIpc) is 2.92. The van der Waals surface area contributed by atoms with Gasteiger partial charge in [0.1, 0.15) is 12.3 Å². The zero-order chi connectivity index (χ0) is 19.6. The van der Waals surface area contributed by atoms with Crippen molar-refractivity contribution >= 4 is 22.7 Å². The molecule has 3 rings (SSSR count). The molecule has 0 unspecified atom stereocenters. The zero-order valence-electron chi connectivity index (χ0n) is 16.6. The van der Waals surface area contributed by atoms with E-state index >= 15 is 0 Å². The van der Waals surface area contributed by atoms with Crippen molar-refractivity contribution < 1.29 is 24.0 Å². The molecule has 1 aromatic heterocycles. The largest absolute Gasteiger partial charge is 0.497 e. The van der Waals surface area contributed by atoms with Crippen LogP contribution >= 0.6 is 0 Å². The molecule has 1 fully saturated rings. The lowest BCUT2D eigenvalue weighted by atomic mass is 9.96. The van der Waals surface area contributed by atoms with Gasteiger partial charge in [0.25, 0.3) is 0 Å². The number of Topliss-reactive ketones (excluding diaryl/α,β-unsaturated/α-hetero) is 1. The van der Waals surface area contributed by atoms with Crippen LogP contribution in [0.25, 0.3) is 10.9 Å². The minimum Gasteiger partial charge on any atom is -0.497 e. The van der Waals surface area contributed by atoms with E-state index in [0.717, 1.165) is 53.8 Å². The molecule has 1 aliphatic rings. The molecule has 0 bridgehead atoms. The second kappa shape index (κ2) is 8.13. The third kappa shape index (κ3) is 3.86. The second-order valence-electron chi connectivity index (χ2n) is 7.28. The maximum atomic E-state index is 13.1. The summed E-state index contributed by atoms with van der Waals surface area (Å²) in [5.74, 6) is 0.785. The molecule has 146 valence electrons. The normalized spacial score (nSPS) is 19.9. The van der Waals surface area contributed by atoms with Crippen molar-refractivity contribution in [3.8, 4) is 5.75 Å². The Balaban J connectivity index is 1.74. The van der Waals surface area contributed by atoms with Crippen molar-refractivity contribution in [2.45, 2.75) is 26.7 Å². The second-order valence-corrected chi connectivity index (χ2v) is 7.28. The van der Waals surface area contributed by atoms with Crippen molar-refractivity contribution in [2.75, 3.05) is 33.4 Å². The lowest BCUT2D eigenvalue weighted by Crippen LogP contribution is -3.14. The van der Waals surface area contributed by atoms with E-state index in [-0.39, 0.29) is 17.7 Å². The van der Waals surface area contributed by atoms with Gasteiger partial charge in [-0.25, -0.2) is 0 Å². The number of piperidine rings is 1. The molecule has 1 aliphatic heterocycles. The molecular weight excluding hydrogens is 344 g/mol. The third-order valence-electron chi connectivity index (χ3n) is 5.70. The van der Waals surface area contributed by atoms with Gasteiger partial charge in [-0.15, -0.1) is 0 Å². The van der Waals surface area contributed by atoms with E-state index in [9.17, 15) is 9.59 Å².